The van der Waals surface area contributed by atoms with Crippen LogP contribution >= 0.6 is 11.8 Å². The molecule has 2 aliphatic heterocycles. The lowest BCUT2D eigenvalue weighted by molar-refractivity contribution is -0.105. The van der Waals surface area contributed by atoms with Crippen molar-refractivity contribution in [1.29, 1.82) is 0 Å². The lowest BCUT2D eigenvalue weighted by Gasteiger charge is -2.34. The second-order valence-corrected chi connectivity index (χ2v) is 6.63. The van der Waals surface area contributed by atoms with E-state index in [9.17, 15) is 4.79 Å². The molecule has 6 heteroatoms. The molecule has 1 atom stereocenters. The van der Waals surface area contributed by atoms with E-state index in [4.69, 9.17) is 0 Å². The molecule has 0 fully saturated rings. The lowest BCUT2D eigenvalue weighted by atomic mass is 9.91. The van der Waals surface area contributed by atoms with Crippen molar-refractivity contribution in [3.8, 4) is 0 Å². The summed E-state index contributed by atoms with van der Waals surface area (Å²) in [6.45, 7) is 2.03. The molecule has 1 aromatic carbocycles. The zero-order valence-corrected chi connectivity index (χ0v) is 14.3. The minimum Gasteiger partial charge on any atom is -0.383 e. The first-order chi connectivity index (χ1) is 11.2. The van der Waals surface area contributed by atoms with Crippen molar-refractivity contribution in [3.63, 3.8) is 0 Å². The van der Waals surface area contributed by atoms with Crippen LogP contribution in [-0.4, -0.2) is 42.4 Å². The summed E-state index contributed by atoms with van der Waals surface area (Å²) in [5.41, 5.74) is 7.62. The van der Waals surface area contributed by atoms with Crippen molar-refractivity contribution < 1.29 is 4.79 Å². The molecule has 3 rings (SSSR count). The largest absolute Gasteiger partial charge is 0.383 e. The Kier molecular flexibility index (Phi) is 4.43. The fourth-order valence-corrected chi connectivity index (χ4v) is 3.62. The number of rotatable bonds is 4. The molecule has 23 heavy (non-hydrogen) atoms. The van der Waals surface area contributed by atoms with Gasteiger partial charge in [-0.05, 0) is 13.0 Å². The van der Waals surface area contributed by atoms with Crippen molar-refractivity contribution in [2.45, 2.75) is 12.4 Å². The first-order valence-corrected chi connectivity index (χ1v) is 8.54. The summed E-state index contributed by atoms with van der Waals surface area (Å²) in [7, 11) is 4.04. The zero-order chi connectivity index (χ0) is 16.4. The van der Waals surface area contributed by atoms with Crippen LogP contribution in [0.25, 0.3) is 5.57 Å². The molecule has 0 saturated carbocycles. The van der Waals surface area contributed by atoms with Crippen LogP contribution in [0.3, 0.4) is 0 Å². The van der Waals surface area contributed by atoms with Gasteiger partial charge in [0.1, 0.15) is 6.29 Å². The number of fused-ring (bicyclic) bond motifs is 3. The van der Waals surface area contributed by atoms with Crippen LogP contribution in [0.2, 0.25) is 0 Å². The topological polar surface area (TPSA) is 47.9 Å². The summed E-state index contributed by atoms with van der Waals surface area (Å²) in [6.07, 6.45) is 5.14. The standard InChI is InChI=1S/C17H20N4OS/c1-4-12-14(11-20(2)3)13-7-5-6-8-15(13)21-16(12)18-19-17(21)23-10-9-22/h4-9,11,17,19H,10H2,1-3H3/b12-4+,14-11+. The van der Waals surface area contributed by atoms with Gasteiger partial charge in [0.25, 0.3) is 0 Å². The number of thioether (sulfide) groups is 1. The number of nitrogens with one attached hydrogen (secondary N) is 1. The van der Waals surface area contributed by atoms with Gasteiger partial charge in [0, 0.05) is 37.0 Å². The first-order valence-electron chi connectivity index (χ1n) is 7.49. The van der Waals surface area contributed by atoms with Gasteiger partial charge in [0.2, 0.25) is 0 Å². The van der Waals surface area contributed by atoms with E-state index >= 15 is 0 Å². The van der Waals surface area contributed by atoms with Crippen LogP contribution in [0.5, 0.6) is 0 Å². The predicted octanol–water partition coefficient (Wildman–Crippen LogP) is 2.49. The Morgan fingerprint density at radius 2 is 2.13 bits per heavy atom. The highest BCUT2D eigenvalue weighted by Crippen LogP contribution is 2.42. The average molecular weight is 328 g/mol. The second-order valence-electron chi connectivity index (χ2n) is 5.51. The quantitative estimate of drug-likeness (QED) is 0.861. The maximum absolute atomic E-state index is 10.7. The molecule has 0 aromatic heterocycles. The third-order valence-corrected chi connectivity index (χ3v) is 4.69. The summed E-state index contributed by atoms with van der Waals surface area (Å²) >= 11 is 1.54. The molecule has 2 aliphatic rings. The monoisotopic (exact) mass is 328 g/mol. The van der Waals surface area contributed by atoms with Crippen molar-refractivity contribution in [3.05, 3.63) is 47.7 Å². The molecule has 1 aromatic rings. The van der Waals surface area contributed by atoms with Crippen molar-refractivity contribution in [2.75, 3.05) is 24.7 Å². The molecule has 0 aliphatic carbocycles. The van der Waals surface area contributed by atoms with Gasteiger partial charge in [0.05, 0.1) is 11.4 Å². The summed E-state index contributed by atoms with van der Waals surface area (Å²) < 4.78 is 0. The number of hydrogen-bond acceptors (Lipinski definition) is 6. The van der Waals surface area contributed by atoms with Gasteiger partial charge >= 0.3 is 0 Å². The molecule has 1 unspecified atom stereocenters. The number of aldehydes is 1. The number of carbonyl (C=O) groups excluding carboxylic acids is 1. The van der Waals surface area contributed by atoms with Gasteiger partial charge in [-0.2, -0.15) is 5.10 Å². The van der Waals surface area contributed by atoms with E-state index in [-0.39, 0.29) is 5.50 Å². The van der Waals surface area contributed by atoms with Crippen LogP contribution in [0, 0.1) is 0 Å². The van der Waals surface area contributed by atoms with E-state index in [1.807, 2.05) is 32.0 Å². The summed E-state index contributed by atoms with van der Waals surface area (Å²) in [5.74, 6) is 1.34. The van der Waals surface area contributed by atoms with Gasteiger partial charge in [-0.25, -0.2) is 0 Å². The number of benzene rings is 1. The molecular formula is C17H20N4OS. The highest BCUT2D eigenvalue weighted by Gasteiger charge is 2.38. The lowest BCUT2D eigenvalue weighted by Crippen LogP contribution is -2.41. The fourth-order valence-electron chi connectivity index (χ4n) is 2.87. The average Bonchev–Trinajstić information content (AvgIpc) is 2.96. The van der Waals surface area contributed by atoms with Crippen LogP contribution in [0.1, 0.15) is 12.5 Å². The number of para-hydroxylation sites is 1. The zero-order valence-electron chi connectivity index (χ0n) is 13.5. The number of anilines is 1. The first kappa shape index (κ1) is 15.7. The number of hydrogen-bond donors (Lipinski definition) is 1. The molecule has 0 radical (unpaired) electrons. The van der Waals surface area contributed by atoms with Crippen LogP contribution < -0.4 is 10.3 Å². The Labute approximate surface area is 140 Å². The van der Waals surface area contributed by atoms with E-state index < -0.39 is 0 Å². The molecule has 1 N–H and O–H groups in total. The minimum atomic E-state index is -0.0628. The third-order valence-electron chi connectivity index (χ3n) is 3.73. The van der Waals surface area contributed by atoms with Gasteiger partial charge in [-0.1, -0.05) is 24.3 Å². The molecule has 5 nitrogen and oxygen atoms in total. The van der Waals surface area contributed by atoms with E-state index in [1.54, 1.807) is 0 Å². The van der Waals surface area contributed by atoms with E-state index in [0.29, 0.717) is 5.75 Å². The number of nitrogens with zero attached hydrogens (tertiary/aromatic N) is 3. The molecule has 0 amide bonds. The second kappa shape index (κ2) is 6.50. The molecule has 0 saturated heterocycles. The Bertz CT molecular complexity index is 708. The maximum Gasteiger partial charge on any atom is 0.169 e. The van der Waals surface area contributed by atoms with Crippen molar-refractivity contribution in [2.24, 2.45) is 5.10 Å². The molecule has 0 spiro atoms. The molecule has 0 bridgehead atoms. The van der Waals surface area contributed by atoms with Crippen molar-refractivity contribution in [1.82, 2.24) is 10.3 Å². The predicted molar refractivity (Wildman–Crippen MR) is 97.2 cm³/mol. The van der Waals surface area contributed by atoms with E-state index in [0.717, 1.165) is 29.0 Å². The normalized spacial score (nSPS) is 22.5. The fraction of sp³-hybridized carbons (Fsp3) is 0.294. The number of allylic oxidation sites excluding steroid dienone is 1. The highest BCUT2D eigenvalue weighted by atomic mass is 32.2. The van der Waals surface area contributed by atoms with Crippen molar-refractivity contribution >= 4 is 35.1 Å². The van der Waals surface area contributed by atoms with Crippen LogP contribution in [0.4, 0.5) is 5.69 Å². The summed E-state index contributed by atoms with van der Waals surface area (Å²) in [6, 6.07) is 8.31. The molecule has 120 valence electrons. The van der Waals surface area contributed by atoms with Gasteiger partial charge in [0.15, 0.2) is 11.3 Å². The van der Waals surface area contributed by atoms with Gasteiger partial charge in [-0.15, -0.1) is 11.8 Å². The van der Waals surface area contributed by atoms with E-state index in [2.05, 4.69) is 45.9 Å². The Balaban J connectivity index is 2.13. The SMILES string of the molecule is C/C=C1/C2=NNC(SCC=O)N2c2ccccc2/C1=C/N(C)C. The maximum atomic E-state index is 10.7. The van der Waals surface area contributed by atoms with Crippen LogP contribution in [0.15, 0.2) is 47.2 Å². The smallest absolute Gasteiger partial charge is 0.169 e. The number of hydrazone groups is 1. The number of amidine groups is 1. The van der Waals surface area contributed by atoms with Gasteiger partial charge in [-0.3, -0.25) is 10.3 Å². The molecular weight excluding hydrogens is 308 g/mol. The number of carbonyl (C=O) groups is 1. The summed E-state index contributed by atoms with van der Waals surface area (Å²) in [5, 5.41) is 4.53. The minimum absolute atomic E-state index is 0.0628. The molecule has 2 heterocycles. The Morgan fingerprint density at radius 3 is 2.83 bits per heavy atom. The van der Waals surface area contributed by atoms with E-state index in [1.165, 1.54) is 17.3 Å². The van der Waals surface area contributed by atoms with Gasteiger partial charge < -0.3 is 9.69 Å². The Hall–Kier alpha value is -2.21. The third kappa shape index (κ3) is 2.74. The Morgan fingerprint density at radius 1 is 1.35 bits per heavy atom. The highest BCUT2D eigenvalue weighted by molar-refractivity contribution is 8.00. The summed E-state index contributed by atoms with van der Waals surface area (Å²) in [4.78, 5) is 15.0. The van der Waals surface area contributed by atoms with Crippen LogP contribution in [-0.2, 0) is 4.79 Å².